The topological polar surface area (TPSA) is 58.6 Å². The quantitative estimate of drug-likeness (QED) is 0.840. The van der Waals surface area contributed by atoms with Crippen LogP contribution in [0.15, 0.2) is 30.5 Å². The van der Waals surface area contributed by atoms with Gasteiger partial charge in [-0.1, -0.05) is 12.1 Å². The van der Waals surface area contributed by atoms with Gasteiger partial charge < -0.3 is 10.2 Å². The summed E-state index contributed by atoms with van der Waals surface area (Å²) in [5.74, 6) is 0.439. The number of halogens is 3. The van der Waals surface area contributed by atoms with Crippen LogP contribution in [-0.2, 0) is 15.6 Å². The number of hydrogen-bond acceptors (Lipinski definition) is 4. The van der Waals surface area contributed by atoms with Crippen molar-refractivity contribution in [3.05, 3.63) is 47.2 Å². The largest absolute Gasteiger partial charge is 0.493 e. The van der Waals surface area contributed by atoms with Crippen LogP contribution in [0.2, 0.25) is 0 Å². The van der Waals surface area contributed by atoms with E-state index in [0.29, 0.717) is 28.2 Å². The Hall–Kier alpha value is -1.87. The Kier molecular flexibility index (Phi) is 4.39. The van der Waals surface area contributed by atoms with Crippen molar-refractivity contribution in [1.29, 1.82) is 0 Å². The smallest absolute Gasteiger partial charge is 0.405 e. The van der Waals surface area contributed by atoms with Crippen LogP contribution in [0.1, 0.15) is 27.5 Å². The standard InChI is InChI=1S/C15H15F3N2O3S/c1-9-11(13-5-6-23-20(13)15(16,17)18)3-2-4-12(9)14(21)19-10-7-24(22)8-10/h2-6,10,13H,7-8H2,1H3,(H,19,21). The number of nitrogens with zero attached hydrogens (tertiary/aromatic N) is 1. The lowest BCUT2D eigenvalue weighted by atomic mass is 9.96. The Morgan fingerprint density at radius 1 is 1.38 bits per heavy atom. The third kappa shape index (κ3) is 3.18. The van der Waals surface area contributed by atoms with E-state index in [1.165, 1.54) is 18.2 Å². The molecule has 0 spiro atoms. The maximum Gasteiger partial charge on any atom is 0.493 e. The molecule has 24 heavy (non-hydrogen) atoms. The van der Waals surface area contributed by atoms with Gasteiger partial charge in [-0.05, 0) is 35.3 Å². The molecule has 1 unspecified atom stereocenters. The van der Waals surface area contributed by atoms with Crippen molar-refractivity contribution in [2.24, 2.45) is 0 Å². The molecule has 2 heterocycles. The van der Waals surface area contributed by atoms with Gasteiger partial charge in [-0.25, -0.2) is 0 Å². The summed E-state index contributed by atoms with van der Waals surface area (Å²) in [5.41, 5.74) is 1.09. The number of amides is 1. The number of hydroxylamine groups is 2. The van der Waals surface area contributed by atoms with Crippen LogP contribution in [0, 0.1) is 6.92 Å². The first-order chi connectivity index (χ1) is 11.3. The van der Waals surface area contributed by atoms with Crippen LogP contribution in [0.3, 0.4) is 0 Å². The Labute approximate surface area is 138 Å². The monoisotopic (exact) mass is 360 g/mol. The highest BCUT2D eigenvalue weighted by Gasteiger charge is 2.46. The van der Waals surface area contributed by atoms with Crippen LogP contribution in [-0.4, -0.2) is 39.0 Å². The Balaban J connectivity index is 1.84. The summed E-state index contributed by atoms with van der Waals surface area (Å²) in [6, 6.07) is 3.34. The first-order valence-corrected chi connectivity index (χ1v) is 8.71. The molecule has 1 aromatic carbocycles. The van der Waals surface area contributed by atoms with Crippen LogP contribution >= 0.6 is 0 Å². The molecule has 0 saturated carbocycles. The molecule has 3 rings (SSSR count). The van der Waals surface area contributed by atoms with E-state index >= 15 is 0 Å². The molecule has 9 heteroatoms. The van der Waals surface area contributed by atoms with Crippen molar-refractivity contribution in [3.8, 4) is 0 Å². The molecule has 130 valence electrons. The molecule has 1 amide bonds. The van der Waals surface area contributed by atoms with Crippen molar-refractivity contribution in [3.63, 3.8) is 0 Å². The number of carbonyl (C=O) groups is 1. The van der Waals surface area contributed by atoms with Gasteiger partial charge >= 0.3 is 6.30 Å². The van der Waals surface area contributed by atoms with E-state index in [0.717, 1.165) is 6.26 Å². The highest BCUT2D eigenvalue weighted by Crippen LogP contribution is 2.38. The molecular formula is C15H15F3N2O3S. The molecule has 1 saturated heterocycles. The first-order valence-electron chi connectivity index (χ1n) is 7.22. The molecule has 1 N–H and O–H groups in total. The summed E-state index contributed by atoms with van der Waals surface area (Å²) in [6.45, 7) is 1.60. The van der Waals surface area contributed by atoms with Gasteiger partial charge in [-0.2, -0.15) is 13.2 Å². The molecule has 2 aliphatic heterocycles. The van der Waals surface area contributed by atoms with Gasteiger partial charge in [0.1, 0.15) is 12.3 Å². The van der Waals surface area contributed by atoms with Gasteiger partial charge in [-0.15, -0.1) is 0 Å². The molecule has 0 aliphatic carbocycles. The summed E-state index contributed by atoms with van der Waals surface area (Å²) in [4.78, 5) is 16.9. The molecule has 0 bridgehead atoms. The number of rotatable bonds is 3. The predicted octanol–water partition coefficient (Wildman–Crippen LogP) is 2.18. The second-order valence-electron chi connectivity index (χ2n) is 5.64. The zero-order chi connectivity index (χ0) is 17.5. The molecule has 0 radical (unpaired) electrons. The van der Waals surface area contributed by atoms with Gasteiger partial charge in [0.2, 0.25) is 0 Å². The van der Waals surface area contributed by atoms with E-state index in [9.17, 15) is 22.2 Å². The SMILES string of the molecule is Cc1c(C(=O)NC2CS(=O)C2)cccc1C1C=CON1C(F)(F)F. The highest BCUT2D eigenvalue weighted by molar-refractivity contribution is 7.86. The minimum atomic E-state index is -4.66. The zero-order valence-electron chi connectivity index (χ0n) is 12.7. The maximum absolute atomic E-state index is 13.0. The van der Waals surface area contributed by atoms with E-state index < -0.39 is 23.1 Å². The molecule has 1 aromatic rings. The lowest BCUT2D eigenvalue weighted by Crippen LogP contribution is -2.50. The van der Waals surface area contributed by atoms with Gasteiger partial charge in [0.25, 0.3) is 5.91 Å². The fourth-order valence-corrected chi connectivity index (χ4v) is 3.70. The van der Waals surface area contributed by atoms with Crippen molar-refractivity contribution in [1.82, 2.24) is 10.4 Å². The minimum Gasteiger partial charge on any atom is -0.405 e. The van der Waals surface area contributed by atoms with E-state index in [4.69, 9.17) is 0 Å². The lowest BCUT2D eigenvalue weighted by molar-refractivity contribution is -0.356. The van der Waals surface area contributed by atoms with Crippen molar-refractivity contribution in [2.75, 3.05) is 11.5 Å². The fourth-order valence-electron chi connectivity index (χ4n) is 2.73. The molecule has 5 nitrogen and oxygen atoms in total. The number of benzene rings is 1. The Morgan fingerprint density at radius 2 is 2.08 bits per heavy atom. The van der Waals surface area contributed by atoms with Crippen molar-refractivity contribution >= 4 is 16.7 Å². The van der Waals surface area contributed by atoms with Gasteiger partial charge in [0.15, 0.2) is 0 Å². The second kappa shape index (κ2) is 6.21. The lowest BCUT2D eigenvalue weighted by Gasteiger charge is -2.27. The van der Waals surface area contributed by atoms with Crippen LogP contribution in [0.4, 0.5) is 13.2 Å². The van der Waals surface area contributed by atoms with E-state index in [1.54, 1.807) is 13.0 Å². The normalized spacial score (nSPS) is 26.8. The molecule has 1 atom stereocenters. The number of nitrogens with one attached hydrogen (secondary N) is 1. The Bertz CT molecular complexity index is 712. The molecule has 1 fully saturated rings. The number of alkyl halides is 3. The summed E-state index contributed by atoms with van der Waals surface area (Å²) in [7, 11) is -0.893. The fraction of sp³-hybridized carbons (Fsp3) is 0.400. The van der Waals surface area contributed by atoms with Gasteiger partial charge in [0.05, 0.1) is 6.04 Å². The highest BCUT2D eigenvalue weighted by atomic mass is 32.2. The maximum atomic E-state index is 13.0. The Morgan fingerprint density at radius 3 is 2.71 bits per heavy atom. The van der Waals surface area contributed by atoms with Crippen molar-refractivity contribution < 1.29 is 27.0 Å². The zero-order valence-corrected chi connectivity index (χ0v) is 13.5. The van der Waals surface area contributed by atoms with E-state index in [-0.39, 0.29) is 17.0 Å². The summed E-state index contributed by atoms with van der Waals surface area (Å²) in [6.07, 6.45) is -2.39. The van der Waals surface area contributed by atoms with Gasteiger partial charge in [-0.3, -0.25) is 9.00 Å². The van der Waals surface area contributed by atoms with E-state index in [2.05, 4.69) is 10.2 Å². The summed E-state index contributed by atoms with van der Waals surface area (Å²) < 4.78 is 50.1. The molecule has 2 aliphatic rings. The third-order valence-electron chi connectivity index (χ3n) is 3.99. The predicted molar refractivity (Wildman–Crippen MR) is 81.2 cm³/mol. The average Bonchev–Trinajstić information content (AvgIpc) is 2.95. The average molecular weight is 360 g/mol. The van der Waals surface area contributed by atoms with Crippen LogP contribution < -0.4 is 5.32 Å². The first kappa shape index (κ1) is 17.0. The number of hydrogen-bond donors (Lipinski definition) is 1. The minimum absolute atomic E-state index is 0.0634. The second-order valence-corrected chi connectivity index (χ2v) is 7.18. The van der Waals surface area contributed by atoms with E-state index in [1.807, 2.05) is 0 Å². The van der Waals surface area contributed by atoms with Crippen molar-refractivity contribution in [2.45, 2.75) is 25.3 Å². The summed E-state index contributed by atoms with van der Waals surface area (Å²) in [5, 5.41) is 2.68. The third-order valence-corrected chi connectivity index (χ3v) is 5.53. The van der Waals surface area contributed by atoms with Crippen LogP contribution in [0.25, 0.3) is 0 Å². The molecular weight excluding hydrogens is 345 g/mol. The van der Waals surface area contributed by atoms with Gasteiger partial charge in [0, 0.05) is 27.9 Å². The van der Waals surface area contributed by atoms with Crippen LogP contribution in [0.5, 0.6) is 0 Å². The molecule has 0 aromatic heterocycles. The summed E-state index contributed by atoms with van der Waals surface area (Å²) >= 11 is 0. The number of carbonyl (C=O) groups excluding carboxylic acids is 1.